The summed E-state index contributed by atoms with van der Waals surface area (Å²) in [5.41, 5.74) is 0.923. The number of aromatic nitrogens is 1. The highest BCUT2D eigenvalue weighted by Gasteiger charge is 2.28. The van der Waals surface area contributed by atoms with Gasteiger partial charge in [-0.2, -0.15) is 10.2 Å². The van der Waals surface area contributed by atoms with Crippen molar-refractivity contribution in [1.82, 2.24) is 4.98 Å². The highest BCUT2D eigenvalue weighted by atomic mass is 35.5. The number of nitrogens with zero attached hydrogens (tertiary/aromatic N) is 4. The summed E-state index contributed by atoms with van der Waals surface area (Å²) in [5, 5.41) is 11.9. The average molecular weight is 556 g/mol. The molecule has 2 aromatic carbocycles. The molecule has 0 fully saturated rings. The molecule has 3 aromatic rings. The molecule has 1 aliphatic rings. The molecule has 1 aliphatic heterocycles. The van der Waals surface area contributed by atoms with Gasteiger partial charge < -0.3 is 9.47 Å². The largest absolute Gasteiger partial charge is 0.492 e. The Hall–Kier alpha value is -2.24. The Kier molecular flexibility index (Phi) is 8.61. The third kappa shape index (κ3) is 6.31. The van der Waals surface area contributed by atoms with Crippen LogP contribution < -0.4 is 9.04 Å². The van der Waals surface area contributed by atoms with Gasteiger partial charge in [-0.3, -0.25) is 0 Å². The van der Waals surface area contributed by atoms with Crippen molar-refractivity contribution >= 4 is 49.7 Å². The molecular formula is C23H24Cl2N4O4S2. The monoisotopic (exact) mass is 554 g/mol. The third-order valence-electron chi connectivity index (χ3n) is 5.43. The molecule has 0 saturated heterocycles. The van der Waals surface area contributed by atoms with E-state index >= 15 is 0 Å². The van der Waals surface area contributed by atoms with Crippen LogP contribution in [0.1, 0.15) is 30.9 Å². The Bertz CT molecular complexity index is 1260. The van der Waals surface area contributed by atoms with Crippen LogP contribution in [-0.4, -0.2) is 39.9 Å². The van der Waals surface area contributed by atoms with Crippen LogP contribution in [0.4, 0.5) is 5.13 Å². The van der Waals surface area contributed by atoms with E-state index in [0.717, 1.165) is 29.1 Å². The van der Waals surface area contributed by atoms with Gasteiger partial charge in [-0.25, -0.2) is 17.7 Å². The smallest absolute Gasteiger partial charge is 0.268 e. The van der Waals surface area contributed by atoms with Gasteiger partial charge in [-0.15, -0.1) is 11.3 Å². The van der Waals surface area contributed by atoms with Gasteiger partial charge in [0.25, 0.3) is 10.0 Å². The molecule has 0 spiro atoms. The van der Waals surface area contributed by atoms with E-state index in [2.05, 4.69) is 15.2 Å². The molecule has 2 atom stereocenters. The predicted octanol–water partition coefficient (Wildman–Crippen LogP) is 6.37. The van der Waals surface area contributed by atoms with E-state index in [1.807, 2.05) is 0 Å². The number of benzene rings is 2. The molecule has 0 amide bonds. The number of azo groups is 1. The van der Waals surface area contributed by atoms with Crippen molar-refractivity contribution in [2.75, 3.05) is 24.8 Å². The van der Waals surface area contributed by atoms with Crippen molar-refractivity contribution in [2.24, 2.45) is 10.2 Å². The molecule has 0 radical (unpaired) electrons. The summed E-state index contributed by atoms with van der Waals surface area (Å²) in [7, 11) is -2.36. The van der Waals surface area contributed by atoms with Crippen LogP contribution in [0.3, 0.4) is 0 Å². The highest BCUT2D eigenvalue weighted by molar-refractivity contribution is 7.93. The molecule has 186 valence electrons. The van der Waals surface area contributed by atoms with Gasteiger partial charge in [-0.1, -0.05) is 35.3 Å². The number of anilines is 1. The van der Waals surface area contributed by atoms with Crippen LogP contribution in [0.5, 0.6) is 5.75 Å². The van der Waals surface area contributed by atoms with Crippen molar-refractivity contribution < 1.29 is 17.9 Å². The summed E-state index contributed by atoms with van der Waals surface area (Å²) >= 11 is 13.3. The standard InChI is InChI=1S/C23H24Cl2N4O4S2/c1-32-15-29(23-26-10-12-34-23)35(30,31)19-7-4-16(5-8-19)21-14-18(27-28-21)3-2-11-33-22-9-6-17(24)13-20(22)25/h4-10,12-13,18,21H,2-3,11,14-15H2,1H3. The van der Waals surface area contributed by atoms with Crippen molar-refractivity contribution in [3.8, 4) is 5.75 Å². The number of sulfonamides is 1. The number of methoxy groups -OCH3 is 1. The first-order chi connectivity index (χ1) is 16.9. The van der Waals surface area contributed by atoms with Crippen molar-refractivity contribution in [1.29, 1.82) is 0 Å². The SMILES string of the molecule is COCN(c1nccs1)S(=O)(=O)c1ccc(C2CC(CCCOc3ccc(Cl)cc3Cl)N=N2)cc1. The maximum atomic E-state index is 13.1. The molecule has 0 bridgehead atoms. The van der Waals surface area contributed by atoms with Gasteiger partial charge in [0, 0.05) is 23.7 Å². The number of hydrogen-bond donors (Lipinski definition) is 0. The minimum Gasteiger partial charge on any atom is -0.492 e. The lowest BCUT2D eigenvalue weighted by Crippen LogP contribution is -2.32. The van der Waals surface area contributed by atoms with Crippen molar-refractivity contribution in [3.63, 3.8) is 0 Å². The molecular weight excluding hydrogens is 531 g/mol. The molecule has 0 saturated carbocycles. The first-order valence-corrected chi connectivity index (χ1v) is 13.9. The third-order valence-corrected chi connectivity index (χ3v) is 8.60. The van der Waals surface area contributed by atoms with E-state index in [-0.39, 0.29) is 23.7 Å². The second-order valence-electron chi connectivity index (χ2n) is 7.86. The van der Waals surface area contributed by atoms with Crippen LogP contribution in [0.25, 0.3) is 0 Å². The lowest BCUT2D eigenvalue weighted by molar-refractivity contribution is 0.209. The molecule has 0 aliphatic carbocycles. The molecule has 1 aromatic heterocycles. The number of hydrogen-bond acceptors (Lipinski definition) is 8. The van der Waals surface area contributed by atoms with E-state index in [4.69, 9.17) is 32.7 Å². The lowest BCUT2D eigenvalue weighted by atomic mass is 9.99. The average Bonchev–Trinajstić information content (AvgIpc) is 3.54. The number of rotatable bonds is 11. The summed E-state index contributed by atoms with van der Waals surface area (Å²) in [6, 6.07) is 11.9. The molecule has 8 nitrogen and oxygen atoms in total. The Labute approximate surface area is 218 Å². The van der Waals surface area contributed by atoms with E-state index < -0.39 is 10.0 Å². The van der Waals surface area contributed by atoms with Crippen LogP contribution in [0, 0.1) is 0 Å². The van der Waals surface area contributed by atoms with Crippen molar-refractivity contribution in [3.05, 3.63) is 69.7 Å². The fraction of sp³-hybridized carbons (Fsp3) is 0.348. The Balaban J connectivity index is 1.31. The zero-order valence-electron chi connectivity index (χ0n) is 18.9. The highest BCUT2D eigenvalue weighted by Crippen LogP contribution is 2.34. The summed E-state index contributed by atoms with van der Waals surface area (Å²) in [5.74, 6) is 0.607. The minimum atomic E-state index is -3.81. The van der Waals surface area contributed by atoms with E-state index in [9.17, 15) is 8.42 Å². The number of ether oxygens (including phenoxy) is 2. The second-order valence-corrected chi connectivity index (χ2v) is 11.4. The second kappa shape index (κ2) is 11.7. The molecule has 12 heteroatoms. The Morgan fingerprint density at radius 3 is 2.63 bits per heavy atom. The van der Waals surface area contributed by atoms with E-state index in [1.165, 1.54) is 18.4 Å². The fourth-order valence-corrected chi connectivity index (χ4v) is 6.32. The summed E-state index contributed by atoms with van der Waals surface area (Å²) in [4.78, 5) is 4.27. The van der Waals surface area contributed by atoms with Gasteiger partial charge in [0.05, 0.1) is 28.6 Å². The zero-order valence-corrected chi connectivity index (χ0v) is 22.0. The van der Waals surface area contributed by atoms with Crippen LogP contribution >= 0.6 is 34.5 Å². The van der Waals surface area contributed by atoms with Gasteiger partial charge >= 0.3 is 0 Å². The van der Waals surface area contributed by atoms with Crippen LogP contribution in [0.15, 0.2) is 69.2 Å². The number of thiazole rings is 1. The van der Waals surface area contributed by atoms with Gasteiger partial charge in [0.1, 0.15) is 12.5 Å². The molecule has 35 heavy (non-hydrogen) atoms. The molecule has 4 rings (SSSR count). The summed E-state index contributed by atoms with van der Waals surface area (Å²) < 4.78 is 38.3. The van der Waals surface area contributed by atoms with Gasteiger partial charge in [-0.05, 0) is 55.2 Å². The lowest BCUT2D eigenvalue weighted by Gasteiger charge is -2.20. The first-order valence-electron chi connectivity index (χ1n) is 10.9. The Morgan fingerprint density at radius 1 is 1.14 bits per heavy atom. The summed E-state index contributed by atoms with van der Waals surface area (Å²) in [6.07, 6.45) is 3.96. The maximum absolute atomic E-state index is 13.1. The maximum Gasteiger partial charge on any atom is 0.268 e. The molecule has 2 unspecified atom stereocenters. The fourth-order valence-electron chi connectivity index (χ4n) is 3.67. The molecule has 2 heterocycles. The van der Waals surface area contributed by atoms with Crippen LogP contribution in [0.2, 0.25) is 10.0 Å². The van der Waals surface area contributed by atoms with Crippen molar-refractivity contribution in [2.45, 2.75) is 36.2 Å². The zero-order chi connectivity index (χ0) is 24.8. The quantitative estimate of drug-likeness (QED) is 0.202. The predicted molar refractivity (Wildman–Crippen MR) is 137 cm³/mol. The van der Waals surface area contributed by atoms with Gasteiger partial charge in [0.2, 0.25) is 5.13 Å². The van der Waals surface area contributed by atoms with Crippen LogP contribution in [-0.2, 0) is 14.8 Å². The normalized spacial score (nSPS) is 17.6. The van der Waals surface area contributed by atoms with E-state index in [0.29, 0.717) is 27.5 Å². The summed E-state index contributed by atoms with van der Waals surface area (Å²) in [6.45, 7) is 0.395. The Morgan fingerprint density at radius 2 is 1.94 bits per heavy atom. The number of halogens is 2. The minimum absolute atomic E-state index is 0.0924. The van der Waals surface area contributed by atoms with Gasteiger partial charge in [0.15, 0.2) is 0 Å². The molecule has 0 N–H and O–H groups in total. The first kappa shape index (κ1) is 25.8. The van der Waals surface area contributed by atoms with E-state index in [1.54, 1.807) is 54.0 Å². The topological polar surface area (TPSA) is 93.5 Å².